The lowest BCUT2D eigenvalue weighted by molar-refractivity contribution is -0.0997. The lowest BCUT2D eigenvalue weighted by Crippen LogP contribution is -2.41. The van der Waals surface area contributed by atoms with Crippen LogP contribution in [0.4, 0.5) is 4.39 Å². The normalized spacial score (nSPS) is 25.4. The highest BCUT2D eigenvalue weighted by atomic mass is 19.1. The van der Waals surface area contributed by atoms with Gasteiger partial charge in [0.1, 0.15) is 11.4 Å². The van der Waals surface area contributed by atoms with Crippen molar-refractivity contribution in [2.45, 2.75) is 43.7 Å². The third kappa shape index (κ3) is 3.19. The number of aromatic nitrogens is 1. The smallest absolute Gasteiger partial charge is 0.123 e. The lowest BCUT2D eigenvalue weighted by Gasteiger charge is -2.45. The molecule has 0 bridgehead atoms. The van der Waals surface area contributed by atoms with Crippen molar-refractivity contribution in [2.24, 2.45) is 5.92 Å². The monoisotopic (exact) mass is 392 g/mol. The Morgan fingerprint density at radius 3 is 2.66 bits per heavy atom. The van der Waals surface area contributed by atoms with E-state index in [0.29, 0.717) is 5.92 Å². The van der Waals surface area contributed by atoms with Gasteiger partial charge < -0.3 is 14.6 Å². The number of nitrogens with zero attached hydrogens (tertiary/aromatic N) is 1. The number of nitrogens with one attached hydrogen (secondary N) is 1. The maximum Gasteiger partial charge on any atom is 0.123 e. The molecule has 1 fully saturated rings. The number of rotatable bonds is 3. The number of ether oxygens (including phenoxy) is 1. The van der Waals surface area contributed by atoms with E-state index in [-0.39, 0.29) is 17.5 Å². The molecule has 152 valence electrons. The molecule has 3 aromatic rings. The highest BCUT2D eigenvalue weighted by molar-refractivity contribution is 5.85. The van der Waals surface area contributed by atoms with E-state index >= 15 is 0 Å². The van der Waals surface area contributed by atoms with E-state index in [9.17, 15) is 4.39 Å². The summed E-state index contributed by atoms with van der Waals surface area (Å²) in [6.07, 6.45) is 5.16. The standard InChI is InChI=1S/C25H29FN2O/c1-28(2)23(18-6-5-7-19(26)16-18)17-10-13-25(14-11-17)24-21(12-15-29-25)20-8-3-4-9-22(20)27-24/h3-9,16-17,23,27H,10-15H2,1-2H3. The highest BCUT2D eigenvalue weighted by Gasteiger charge is 2.44. The number of aromatic amines is 1. The molecule has 1 aliphatic carbocycles. The second-order valence-electron chi connectivity index (χ2n) is 8.92. The summed E-state index contributed by atoms with van der Waals surface area (Å²) >= 11 is 0. The van der Waals surface area contributed by atoms with Crippen molar-refractivity contribution in [3.8, 4) is 0 Å². The number of hydrogen-bond donors (Lipinski definition) is 1. The predicted molar refractivity (Wildman–Crippen MR) is 114 cm³/mol. The summed E-state index contributed by atoms with van der Waals surface area (Å²) in [7, 11) is 4.21. The van der Waals surface area contributed by atoms with Crippen LogP contribution < -0.4 is 0 Å². The van der Waals surface area contributed by atoms with Crippen LogP contribution in [-0.2, 0) is 16.8 Å². The fraction of sp³-hybridized carbons (Fsp3) is 0.440. The second kappa shape index (κ2) is 7.26. The molecule has 1 aliphatic heterocycles. The fourth-order valence-electron chi connectivity index (χ4n) is 5.77. The zero-order valence-electron chi connectivity index (χ0n) is 17.2. The van der Waals surface area contributed by atoms with E-state index in [2.05, 4.69) is 54.3 Å². The Morgan fingerprint density at radius 1 is 1.10 bits per heavy atom. The minimum Gasteiger partial charge on any atom is -0.368 e. The Balaban J connectivity index is 1.43. The average molecular weight is 393 g/mol. The van der Waals surface area contributed by atoms with Crippen LogP contribution in [0.3, 0.4) is 0 Å². The van der Waals surface area contributed by atoms with Gasteiger partial charge in [-0.05, 0) is 81.4 Å². The summed E-state index contributed by atoms with van der Waals surface area (Å²) in [5.41, 5.74) is 4.85. The van der Waals surface area contributed by atoms with Gasteiger partial charge >= 0.3 is 0 Å². The second-order valence-corrected chi connectivity index (χ2v) is 8.92. The van der Waals surface area contributed by atoms with E-state index in [1.165, 1.54) is 28.2 Å². The molecule has 1 N–H and O–H groups in total. The van der Waals surface area contributed by atoms with Gasteiger partial charge in [-0.25, -0.2) is 4.39 Å². The molecule has 0 saturated heterocycles. The first-order valence-corrected chi connectivity index (χ1v) is 10.7. The molecule has 5 rings (SSSR count). The molecule has 1 saturated carbocycles. The van der Waals surface area contributed by atoms with Crippen LogP contribution in [0, 0.1) is 11.7 Å². The number of hydrogen-bond acceptors (Lipinski definition) is 2. The summed E-state index contributed by atoms with van der Waals surface area (Å²) in [5, 5.41) is 1.35. The van der Waals surface area contributed by atoms with E-state index in [0.717, 1.165) is 44.3 Å². The van der Waals surface area contributed by atoms with Gasteiger partial charge in [0.25, 0.3) is 0 Å². The fourth-order valence-corrected chi connectivity index (χ4v) is 5.77. The summed E-state index contributed by atoms with van der Waals surface area (Å²) in [5.74, 6) is 0.343. The van der Waals surface area contributed by atoms with E-state index in [1.54, 1.807) is 6.07 Å². The number of benzene rings is 2. The molecule has 2 aliphatic rings. The first kappa shape index (κ1) is 18.8. The molecule has 2 heterocycles. The van der Waals surface area contributed by atoms with Crippen LogP contribution in [0.25, 0.3) is 10.9 Å². The number of halogens is 1. The number of para-hydroxylation sites is 1. The predicted octanol–water partition coefficient (Wildman–Crippen LogP) is 5.57. The minimum absolute atomic E-state index is 0.153. The molecule has 0 amide bonds. The quantitative estimate of drug-likeness (QED) is 0.631. The topological polar surface area (TPSA) is 28.3 Å². The average Bonchev–Trinajstić information content (AvgIpc) is 3.10. The Bertz CT molecular complexity index is 1020. The van der Waals surface area contributed by atoms with Gasteiger partial charge in [0, 0.05) is 16.9 Å². The Kier molecular flexibility index (Phi) is 4.72. The zero-order chi connectivity index (χ0) is 20.0. The number of fused-ring (bicyclic) bond motifs is 4. The summed E-state index contributed by atoms with van der Waals surface area (Å²) in [6, 6.07) is 15.9. The molecule has 2 aromatic carbocycles. The molecule has 4 heteroatoms. The van der Waals surface area contributed by atoms with Crippen molar-refractivity contribution in [1.29, 1.82) is 0 Å². The van der Waals surface area contributed by atoms with Gasteiger partial charge in [-0.1, -0.05) is 30.3 Å². The van der Waals surface area contributed by atoms with Crippen LogP contribution in [-0.4, -0.2) is 30.6 Å². The van der Waals surface area contributed by atoms with Crippen LogP contribution in [0.15, 0.2) is 48.5 Å². The van der Waals surface area contributed by atoms with Crippen molar-refractivity contribution in [1.82, 2.24) is 9.88 Å². The van der Waals surface area contributed by atoms with Gasteiger partial charge in [-0.3, -0.25) is 0 Å². The molecule has 0 radical (unpaired) electrons. The Hall–Kier alpha value is -2.17. The Labute approximate surface area is 171 Å². The summed E-state index contributed by atoms with van der Waals surface area (Å²) in [6.45, 7) is 0.792. The third-order valence-corrected chi connectivity index (χ3v) is 7.03. The minimum atomic E-state index is -0.193. The molecule has 1 aromatic heterocycles. The molecular formula is C25H29FN2O. The highest BCUT2D eigenvalue weighted by Crippen LogP contribution is 2.50. The molecule has 1 atom stereocenters. The van der Waals surface area contributed by atoms with Crippen molar-refractivity contribution < 1.29 is 9.13 Å². The molecule has 29 heavy (non-hydrogen) atoms. The summed E-state index contributed by atoms with van der Waals surface area (Å²) < 4.78 is 20.3. The van der Waals surface area contributed by atoms with Crippen LogP contribution in [0.2, 0.25) is 0 Å². The van der Waals surface area contributed by atoms with E-state index in [1.807, 2.05) is 6.07 Å². The van der Waals surface area contributed by atoms with E-state index < -0.39 is 0 Å². The van der Waals surface area contributed by atoms with Crippen LogP contribution in [0.1, 0.15) is 48.5 Å². The molecule has 1 unspecified atom stereocenters. The molecule has 1 spiro atoms. The van der Waals surface area contributed by atoms with Gasteiger partial charge in [0.2, 0.25) is 0 Å². The van der Waals surface area contributed by atoms with Gasteiger partial charge in [0.15, 0.2) is 0 Å². The van der Waals surface area contributed by atoms with Crippen molar-refractivity contribution >= 4 is 10.9 Å². The van der Waals surface area contributed by atoms with Gasteiger partial charge in [-0.15, -0.1) is 0 Å². The maximum atomic E-state index is 13.9. The summed E-state index contributed by atoms with van der Waals surface area (Å²) in [4.78, 5) is 5.94. The number of H-pyrrole nitrogens is 1. The molecule has 3 nitrogen and oxygen atoms in total. The first-order chi connectivity index (χ1) is 14.1. The largest absolute Gasteiger partial charge is 0.368 e. The Morgan fingerprint density at radius 2 is 1.90 bits per heavy atom. The van der Waals surface area contributed by atoms with Gasteiger partial charge in [-0.2, -0.15) is 0 Å². The maximum absolute atomic E-state index is 13.9. The van der Waals surface area contributed by atoms with Gasteiger partial charge in [0.05, 0.1) is 12.3 Å². The van der Waals surface area contributed by atoms with Crippen molar-refractivity contribution in [2.75, 3.05) is 20.7 Å². The lowest BCUT2D eigenvalue weighted by atomic mass is 9.71. The van der Waals surface area contributed by atoms with Crippen LogP contribution >= 0.6 is 0 Å². The molecular weight excluding hydrogens is 363 g/mol. The van der Waals surface area contributed by atoms with Crippen molar-refractivity contribution in [3.63, 3.8) is 0 Å². The zero-order valence-corrected chi connectivity index (χ0v) is 17.2. The first-order valence-electron chi connectivity index (χ1n) is 10.7. The SMILES string of the molecule is CN(C)C(c1cccc(F)c1)C1CCC2(CC1)OCCc1c2[nH]c2ccccc12. The third-order valence-electron chi connectivity index (χ3n) is 7.03. The van der Waals surface area contributed by atoms with Crippen molar-refractivity contribution in [3.05, 3.63) is 71.2 Å². The van der Waals surface area contributed by atoms with Crippen LogP contribution in [0.5, 0.6) is 0 Å². The van der Waals surface area contributed by atoms with E-state index in [4.69, 9.17) is 4.74 Å².